The fourth-order valence-electron chi connectivity index (χ4n) is 3.82. The number of rotatable bonds is 8. The summed E-state index contributed by atoms with van der Waals surface area (Å²) in [4.78, 5) is 4.82. The van der Waals surface area contributed by atoms with Crippen molar-refractivity contribution in [2.45, 2.75) is 45.7 Å². The fraction of sp³-hybridized carbons (Fsp3) is 0.280. The van der Waals surface area contributed by atoms with Crippen molar-refractivity contribution in [3.8, 4) is 0 Å². The first kappa shape index (κ1) is 20.8. The monoisotopic (exact) mass is 417 g/mol. The Balaban J connectivity index is 1.68. The second kappa shape index (κ2) is 9.16. The normalized spacial score (nSPS) is 13.2. The summed E-state index contributed by atoms with van der Waals surface area (Å²) in [6.07, 6.45) is 3.54. The standard InChI is InChI=1S/C25H28FN5/c1-4-19-15-24(28-17(3)20-13-9-10-14-21(20)26)31-25(29-19)23(16-27-31)30-22(5-2)18-11-7-6-8-12-18/h6-17,22,28,30H,4-5H2,1-3H3. The van der Waals surface area contributed by atoms with Crippen LogP contribution in [0, 0.1) is 5.82 Å². The Morgan fingerprint density at radius 1 is 1.00 bits per heavy atom. The highest BCUT2D eigenvalue weighted by atomic mass is 19.1. The lowest BCUT2D eigenvalue weighted by Crippen LogP contribution is -2.13. The quantitative estimate of drug-likeness (QED) is 0.360. The molecule has 2 heterocycles. The van der Waals surface area contributed by atoms with Crippen LogP contribution in [-0.4, -0.2) is 14.6 Å². The minimum atomic E-state index is -0.222. The Hall–Kier alpha value is -3.41. The first-order valence-electron chi connectivity index (χ1n) is 10.8. The van der Waals surface area contributed by atoms with Gasteiger partial charge in [0.25, 0.3) is 0 Å². The number of aryl methyl sites for hydroxylation is 1. The highest BCUT2D eigenvalue weighted by Gasteiger charge is 2.17. The SMILES string of the molecule is CCc1cc(NC(C)c2ccccc2F)n2ncc(NC(CC)c3ccccc3)c2n1. The van der Waals surface area contributed by atoms with Crippen LogP contribution in [0.4, 0.5) is 15.9 Å². The van der Waals surface area contributed by atoms with Crippen LogP contribution in [0.25, 0.3) is 5.65 Å². The van der Waals surface area contributed by atoms with Gasteiger partial charge in [0.1, 0.15) is 17.3 Å². The van der Waals surface area contributed by atoms with Crippen LogP contribution in [0.2, 0.25) is 0 Å². The lowest BCUT2D eigenvalue weighted by atomic mass is 10.0. The smallest absolute Gasteiger partial charge is 0.181 e. The molecule has 0 bridgehead atoms. The van der Waals surface area contributed by atoms with Gasteiger partial charge in [0.05, 0.1) is 18.3 Å². The highest BCUT2D eigenvalue weighted by Crippen LogP contribution is 2.28. The number of halogens is 1. The topological polar surface area (TPSA) is 54.2 Å². The molecule has 0 saturated carbocycles. The van der Waals surface area contributed by atoms with E-state index in [1.54, 1.807) is 16.6 Å². The summed E-state index contributed by atoms with van der Waals surface area (Å²) in [5.74, 6) is 0.568. The van der Waals surface area contributed by atoms with Crippen LogP contribution in [0.3, 0.4) is 0 Å². The number of nitrogens with zero attached hydrogens (tertiary/aromatic N) is 3. The zero-order valence-electron chi connectivity index (χ0n) is 18.1. The minimum absolute atomic E-state index is 0.162. The molecule has 0 radical (unpaired) electrons. The average Bonchev–Trinajstić information content (AvgIpc) is 3.21. The van der Waals surface area contributed by atoms with Crippen molar-refractivity contribution < 1.29 is 4.39 Å². The lowest BCUT2D eigenvalue weighted by Gasteiger charge is -2.19. The molecule has 4 rings (SSSR count). The summed E-state index contributed by atoms with van der Waals surface area (Å²) < 4.78 is 16.1. The summed E-state index contributed by atoms with van der Waals surface area (Å²) in [7, 11) is 0. The molecule has 6 heteroatoms. The van der Waals surface area contributed by atoms with E-state index in [9.17, 15) is 4.39 Å². The van der Waals surface area contributed by atoms with Crippen molar-refractivity contribution in [1.29, 1.82) is 0 Å². The molecule has 0 fully saturated rings. The second-order valence-corrected chi connectivity index (χ2v) is 7.68. The maximum absolute atomic E-state index is 14.3. The summed E-state index contributed by atoms with van der Waals surface area (Å²) in [5, 5.41) is 11.6. The van der Waals surface area contributed by atoms with Crippen LogP contribution < -0.4 is 10.6 Å². The van der Waals surface area contributed by atoms with E-state index in [1.807, 2.05) is 31.3 Å². The number of anilines is 2. The Morgan fingerprint density at radius 3 is 2.45 bits per heavy atom. The molecule has 160 valence electrons. The van der Waals surface area contributed by atoms with Gasteiger partial charge in [0, 0.05) is 17.3 Å². The molecule has 2 aromatic heterocycles. The third-order valence-electron chi connectivity index (χ3n) is 5.56. The molecule has 0 aliphatic heterocycles. The molecule has 0 saturated heterocycles. The predicted molar refractivity (Wildman–Crippen MR) is 124 cm³/mol. The maximum atomic E-state index is 14.3. The summed E-state index contributed by atoms with van der Waals surface area (Å²) in [6.45, 7) is 6.18. The number of fused-ring (bicyclic) bond motifs is 1. The van der Waals surface area contributed by atoms with Crippen LogP contribution in [0.5, 0.6) is 0 Å². The van der Waals surface area contributed by atoms with Gasteiger partial charge < -0.3 is 10.6 Å². The first-order chi connectivity index (χ1) is 15.1. The van der Waals surface area contributed by atoms with Crippen LogP contribution in [0.15, 0.2) is 66.9 Å². The van der Waals surface area contributed by atoms with E-state index >= 15 is 0 Å². The molecule has 0 amide bonds. The van der Waals surface area contributed by atoms with Gasteiger partial charge in [0.2, 0.25) is 0 Å². The predicted octanol–water partition coefficient (Wildman–Crippen LogP) is 6.17. The third-order valence-corrected chi connectivity index (χ3v) is 5.56. The molecule has 0 aliphatic carbocycles. The molecule has 4 aromatic rings. The van der Waals surface area contributed by atoms with E-state index in [1.165, 1.54) is 11.6 Å². The number of aromatic nitrogens is 3. The molecular formula is C25H28FN5. The molecule has 5 nitrogen and oxygen atoms in total. The minimum Gasteiger partial charge on any atom is -0.374 e. The van der Waals surface area contributed by atoms with E-state index in [4.69, 9.17) is 4.98 Å². The van der Waals surface area contributed by atoms with Crippen molar-refractivity contribution in [2.75, 3.05) is 10.6 Å². The fourth-order valence-corrected chi connectivity index (χ4v) is 3.82. The molecule has 2 atom stereocenters. The van der Waals surface area contributed by atoms with Gasteiger partial charge in [-0.05, 0) is 31.4 Å². The van der Waals surface area contributed by atoms with E-state index in [0.29, 0.717) is 5.56 Å². The molecule has 2 aromatic carbocycles. The Bertz CT molecular complexity index is 1160. The third kappa shape index (κ3) is 4.38. The molecule has 0 spiro atoms. The molecular weight excluding hydrogens is 389 g/mol. The van der Waals surface area contributed by atoms with Gasteiger partial charge in [0.15, 0.2) is 5.65 Å². The molecule has 2 unspecified atom stereocenters. The van der Waals surface area contributed by atoms with E-state index in [2.05, 4.69) is 53.8 Å². The van der Waals surface area contributed by atoms with Crippen LogP contribution >= 0.6 is 0 Å². The largest absolute Gasteiger partial charge is 0.374 e. The van der Waals surface area contributed by atoms with E-state index < -0.39 is 0 Å². The van der Waals surface area contributed by atoms with Crippen molar-refractivity contribution >= 4 is 17.2 Å². The van der Waals surface area contributed by atoms with Gasteiger partial charge in [-0.15, -0.1) is 0 Å². The second-order valence-electron chi connectivity index (χ2n) is 7.68. The number of hydrogen-bond acceptors (Lipinski definition) is 4. The zero-order chi connectivity index (χ0) is 21.8. The van der Waals surface area contributed by atoms with Gasteiger partial charge >= 0.3 is 0 Å². The average molecular weight is 418 g/mol. The highest BCUT2D eigenvalue weighted by molar-refractivity contribution is 5.70. The number of benzene rings is 2. The van der Waals surface area contributed by atoms with Crippen molar-refractivity contribution in [3.63, 3.8) is 0 Å². The molecule has 31 heavy (non-hydrogen) atoms. The molecule has 2 N–H and O–H groups in total. The molecule has 0 aliphatic rings. The Labute approximate surface area is 182 Å². The maximum Gasteiger partial charge on any atom is 0.181 e. The van der Waals surface area contributed by atoms with Crippen molar-refractivity contribution in [1.82, 2.24) is 14.6 Å². The van der Waals surface area contributed by atoms with Gasteiger partial charge in [-0.3, -0.25) is 0 Å². The number of hydrogen-bond donors (Lipinski definition) is 2. The zero-order valence-corrected chi connectivity index (χ0v) is 18.1. The number of nitrogens with one attached hydrogen (secondary N) is 2. The van der Waals surface area contributed by atoms with E-state index in [0.717, 1.165) is 35.7 Å². The van der Waals surface area contributed by atoms with Crippen molar-refractivity contribution in [2.24, 2.45) is 0 Å². The summed E-state index contributed by atoms with van der Waals surface area (Å²) in [6, 6.07) is 19.1. The first-order valence-corrected chi connectivity index (χ1v) is 10.8. The Kier molecular flexibility index (Phi) is 6.16. The summed E-state index contributed by atoms with van der Waals surface area (Å²) >= 11 is 0. The van der Waals surface area contributed by atoms with Crippen LogP contribution in [-0.2, 0) is 6.42 Å². The van der Waals surface area contributed by atoms with Crippen molar-refractivity contribution in [3.05, 3.63) is 89.5 Å². The Morgan fingerprint density at radius 2 is 1.74 bits per heavy atom. The van der Waals surface area contributed by atoms with Gasteiger partial charge in [-0.1, -0.05) is 62.4 Å². The van der Waals surface area contributed by atoms with Gasteiger partial charge in [-0.25, -0.2) is 9.37 Å². The van der Waals surface area contributed by atoms with Crippen LogP contribution in [0.1, 0.15) is 56.1 Å². The van der Waals surface area contributed by atoms with E-state index in [-0.39, 0.29) is 17.9 Å². The summed E-state index contributed by atoms with van der Waals surface area (Å²) in [5.41, 5.74) is 4.44. The van der Waals surface area contributed by atoms with Gasteiger partial charge in [-0.2, -0.15) is 9.61 Å². The lowest BCUT2D eigenvalue weighted by molar-refractivity contribution is 0.599.